The number of carbonyl (C=O) groups excluding carboxylic acids is 1. The van der Waals surface area contributed by atoms with Crippen molar-refractivity contribution in [2.24, 2.45) is 0 Å². The Labute approximate surface area is 163 Å². The fraction of sp³-hybridized carbons (Fsp3) is 0.381. The smallest absolute Gasteiger partial charge is 0.275 e. The summed E-state index contributed by atoms with van der Waals surface area (Å²) in [5, 5.41) is 2.81. The number of nitrogens with zero attached hydrogens (tertiary/aromatic N) is 1. The lowest BCUT2D eigenvalue weighted by Gasteiger charge is -2.34. The first-order valence-corrected chi connectivity index (χ1v) is 9.43. The number of hydrogen-bond acceptors (Lipinski definition) is 3. The van der Waals surface area contributed by atoms with Gasteiger partial charge < -0.3 is 19.9 Å². The number of piperazine rings is 1. The molecule has 150 valence electrons. The molecule has 1 heterocycles. The third-order valence-electron chi connectivity index (χ3n) is 5.11. The van der Waals surface area contributed by atoms with Gasteiger partial charge in [0.25, 0.3) is 5.91 Å². The van der Waals surface area contributed by atoms with Gasteiger partial charge in [-0.25, -0.2) is 8.78 Å². The Bertz CT molecular complexity index is 823. The van der Waals surface area contributed by atoms with E-state index >= 15 is 0 Å². The normalized spacial score (nSPS) is 15.9. The Morgan fingerprint density at radius 2 is 1.93 bits per heavy atom. The highest BCUT2D eigenvalue weighted by atomic mass is 19.1. The van der Waals surface area contributed by atoms with Crippen LogP contribution in [-0.2, 0) is 4.79 Å². The molecule has 3 rings (SSSR count). The Morgan fingerprint density at radius 1 is 1.21 bits per heavy atom. The number of quaternary nitrogens is 1. The molecule has 0 aliphatic carbocycles. The monoisotopic (exact) mass is 390 g/mol. The van der Waals surface area contributed by atoms with Gasteiger partial charge in [-0.1, -0.05) is 18.2 Å². The fourth-order valence-corrected chi connectivity index (χ4v) is 3.58. The average molecular weight is 390 g/mol. The van der Waals surface area contributed by atoms with Gasteiger partial charge >= 0.3 is 0 Å². The minimum atomic E-state index is -0.648. The highest BCUT2D eigenvalue weighted by Gasteiger charge is 2.24. The summed E-state index contributed by atoms with van der Waals surface area (Å²) in [6.07, 6.45) is 0. The van der Waals surface area contributed by atoms with Gasteiger partial charge in [0.1, 0.15) is 17.4 Å². The molecule has 5 nitrogen and oxygen atoms in total. The van der Waals surface area contributed by atoms with Crippen LogP contribution in [0.3, 0.4) is 0 Å². The minimum absolute atomic E-state index is 0.142. The maximum Gasteiger partial charge on any atom is 0.275 e. The zero-order chi connectivity index (χ0) is 20.1. The van der Waals surface area contributed by atoms with Crippen LogP contribution in [0.15, 0.2) is 42.5 Å². The molecule has 1 aliphatic rings. The number of carbonyl (C=O) groups is 1. The zero-order valence-corrected chi connectivity index (χ0v) is 16.2. The van der Waals surface area contributed by atoms with E-state index in [1.807, 2.05) is 24.3 Å². The van der Waals surface area contributed by atoms with Gasteiger partial charge in [-0.2, -0.15) is 0 Å². The van der Waals surface area contributed by atoms with E-state index in [9.17, 15) is 13.6 Å². The average Bonchev–Trinajstić information content (AvgIpc) is 2.68. The van der Waals surface area contributed by atoms with E-state index in [0.717, 1.165) is 43.7 Å². The largest absolute Gasteiger partial charge is 0.495 e. The summed E-state index contributed by atoms with van der Waals surface area (Å²) in [4.78, 5) is 15.8. The third-order valence-corrected chi connectivity index (χ3v) is 5.11. The Kier molecular flexibility index (Phi) is 6.46. The molecule has 1 atom stereocenters. The molecule has 1 amide bonds. The molecular formula is C21H26F2N3O2+. The van der Waals surface area contributed by atoms with Crippen molar-refractivity contribution in [3.8, 4) is 5.75 Å². The van der Waals surface area contributed by atoms with Crippen molar-refractivity contribution in [3.63, 3.8) is 0 Å². The van der Waals surface area contributed by atoms with Crippen LogP contribution in [-0.4, -0.2) is 45.7 Å². The highest BCUT2D eigenvalue weighted by molar-refractivity contribution is 5.77. The van der Waals surface area contributed by atoms with Crippen LogP contribution in [0, 0.1) is 11.6 Å². The Morgan fingerprint density at radius 3 is 2.61 bits per heavy atom. The van der Waals surface area contributed by atoms with Gasteiger partial charge in [0.15, 0.2) is 6.54 Å². The van der Waals surface area contributed by atoms with E-state index in [0.29, 0.717) is 6.54 Å². The van der Waals surface area contributed by atoms with Crippen LogP contribution in [0.2, 0.25) is 0 Å². The van der Waals surface area contributed by atoms with Crippen LogP contribution in [0.1, 0.15) is 18.5 Å². The van der Waals surface area contributed by atoms with E-state index in [-0.39, 0.29) is 11.5 Å². The molecule has 7 heteroatoms. The van der Waals surface area contributed by atoms with E-state index in [4.69, 9.17) is 4.74 Å². The topological polar surface area (TPSA) is 46.0 Å². The lowest BCUT2D eigenvalue weighted by molar-refractivity contribution is -0.892. The first kappa shape index (κ1) is 20.1. The second-order valence-electron chi connectivity index (χ2n) is 7.04. The number of anilines is 1. The van der Waals surface area contributed by atoms with Crippen LogP contribution in [0.4, 0.5) is 14.5 Å². The van der Waals surface area contributed by atoms with Crippen molar-refractivity contribution in [2.45, 2.75) is 13.0 Å². The Hall–Kier alpha value is -2.67. The molecule has 1 saturated heterocycles. The summed E-state index contributed by atoms with van der Waals surface area (Å²) in [6.45, 7) is 5.32. The van der Waals surface area contributed by atoms with Gasteiger partial charge in [-0.05, 0) is 25.1 Å². The first-order chi connectivity index (χ1) is 13.5. The first-order valence-electron chi connectivity index (χ1n) is 9.43. The van der Waals surface area contributed by atoms with Gasteiger partial charge in [-0.3, -0.25) is 4.79 Å². The predicted molar refractivity (Wildman–Crippen MR) is 104 cm³/mol. The van der Waals surface area contributed by atoms with E-state index < -0.39 is 17.7 Å². The van der Waals surface area contributed by atoms with Gasteiger partial charge in [0, 0.05) is 11.6 Å². The number of methoxy groups -OCH3 is 1. The third kappa shape index (κ3) is 4.78. The number of ether oxygens (including phenoxy) is 1. The van der Waals surface area contributed by atoms with E-state index in [1.165, 1.54) is 17.0 Å². The number of halogens is 2. The van der Waals surface area contributed by atoms with Gasteiger partial charge in [0.05, 0.1) is 45.0 Å². The molecule has 0 unspecified atom stereocenters. The number of rotatable bonds is 6. The number of nitrogens with one attached hydrogen (secondary N) is 2. The highest BCUT2D eigenvalue weighted by Crippen LogP contribution is 2.27. The van der Waals surface area contributed by atoms with Crippen molar-refractivity contribution >= 4 is 11.6 Å². The van der Waals surface area contributed by atoms with Gasteiger partial charge in [-0.15, -0.1) is 0 Å². The quantitative estimate of drug-likeness (QED) is 0.787. The standard InChI is InChI=1S/C21H25F2N3O2/c1-15(17-8-7-16(22)13-18(17)23)24-21(27)14-25-9-11-26(12-10-25)19-5-3-4-6-20(19)28-2/h3-8,13,15H,9-12,14H2,1-2H3,(H,24,27)/p+1/t15-/m0/s1. The molecule has 28 heavy (non-hydrogen) atoms. The van der Waals surface area contributed by atoms with E-state index in [1.54, 1.807) is 14.0 Å². The fourth-order valence-electron chi connectivity index (χ4n) is 3.58. The van der Waals surface area contributed by atoms with Crippen molar-refractivity contribution in [2.75, 3.05) is 44.7 Å². The lowest BCUT2D eigenvalue weighted by Crippen LogP contribution is -3.15. The van der Waals surface area contributed by atoms with Crippen molar-refractivity contribution in [3.05, 3.63) is 59.7 Å². The summed E-state index contributed by atoms with van der Waals surface area (Å²) < 4.78 is 32.3. The maximum atomic E-state index is 13.9. The molecule has 1 aliphatic heterocycles. The predicted octanol–water partition coefficient (Wildman–Crippen LogP) is 1.56. The van der Waals surface area contributed by atoms with Gasteiger partial charge in [0.2, 0.25) is 0 Å². The van der Waals surface area contributed by atoms with E-state index in [2.05, 4.69) is 10.2 Å². The summed E-state index contributed by atoms with van der Waals surface area (Å²) in [7, 11) is 1.66. The molecule has 2 aromatic rings. The zero-order valence-electron chi connectivity index (χ0n) is 16.2. The molecule has 2 aromatic carbocycles. The maximum absolute atomic E-state index is 13.9. The molecule has 0 bridgehead atoms. The summed E-state index contributed by atoms with van der Waals surface area (Å²) in [5.41, 5.74) is 1.35. The number of amides is 1. The summed E-state index contributed by atoms with van der Waals surface area (Å²) in [5.74, 6) is -0.571. The van der Waals surface area contributed by atoms with Crippen LogP contribution in [0.5, 0.6) is 5.75 Å². The van der Waals surface area contributed by atoms with Crippen molar-refractivity contribution in [1.29, 1.82) is 0 Å². The SMILES string of the molecule is COc1ccccc1N1CC[NH+](CC(=O)N[C@@H](C)c2ccc(F)cc2F)CC1. The lowest BCUT2D eigenvalue weighted by atomic mass is 10.1. The molecule has 0 spiro atoms. The van der Waals surface area contributed by atoms with Crippen LogP contribution >= 0.6 is 0 Å². The molecule has 0 aromatic heterocycles. The molecule has 1 fully saturated rings. The molecule has 0 saturated carbocycles. The molecular weight excluding hydrogens is 364 g/mol. The minimum Gasteiger partial charge on any atom is -0.495 e. The molecule has 0 radical (unpaired) electrons. The number of benzene rings is 2. The summed E-state index contributed by atoms with van der Waals surface area (Å²) >= 11 is 0. The van der Waals surface area contributed by atoms with Crippen LogP contribution < -0.4 is 19.9 Å². The second-order valence-corrected chi connectivity index (χ2v) is 7.04. The van der Waals surface area contributed by atoms with Crippen LogP contribution in [0.25, 0.3) is 0 Å². The van der Waals surface area contributed by atoms with Crippen molar-refractivity contribution in [1.82, 2.24) is 5.32 Å². The second kappa shape index (κ2) is 9.01. The number of hydrogen-bond donors (Lipinski definition) is 2. The Balaban J connectivity index is 1.51. The summed E-state index contributed by atoms with van der Waals surface area (Å²) in [6, 6.07) is 10.8. The van der Waals surface area contributed by atoms with Crippen molar-refractivity contribution < 1.29 is 23.2 Å². The molecule has 2 N–H and O–H groups in total. The number of para-hydroxylation sites is 2.